The molecular weight excluding hydrogens is 336 g/mol. The van der Waals surface area contributed by atoms with Crippen LogP contribution in [0.3, 0.4) is 0 Å². The molecule has 150 valence electrons. The van der Waals surface area contributed by atoms with Crippen molar-refractivity contribution < 1.29 is 0 Å². The molecule has 0 atom stereocenters. The van der Waals surface area contributed by atoms with E-state index >= 15 is 0 Å². The molecular formula is C21H36N6. The van der Waals surface area contributed by atoms with Crippen LogP contribution >= 0.6 is 0 Å². The second kappa shape index (κ2) is 12.3. The number of H-pyrrole nitrogens is 1. The van der Waals surface area contributed by atoms with Crippen LogP contribution in [-0.4, -0.2) is 33.3 Å². The number of pyridine rings is 1. The largest absolute Gasteiger partial charge is 0.366 e. The molecule has 0 fully saturated rings. The predicted molar refractivity (Wildman–Crippen MR) is 114 cm³/mol. The van der Waals surface area contributed by atoms with Gasteiger partial charge in [-0.15, -0.1) is 5.10 Å². The molecule has 0 spiro atoms. The van der Waals surface area contributed by atoms with Gasteiger partial charge in [0.15, 0.2) is 5.82 Å². The van der Waals surface area contributed by atoms with Gasteiger partial charge in [-0.25, -0.2) is 4.98 Å². The van der Waals surface area contributed by atoms with E-state index in [-0.39, 0.29) is 5.95 Å². The lowest BCUT2D eigenvalue weighted by molar-refractivity contribution is 0.554. The maximum Gasteiger partial charge on any atom is 0.239 e. The molecule has 0 bridgehead atoms. The number of hydrogen-bond donors (Lipinski definition) is 2. The van der Waals surface area contributed by atoms with E-state index in [1.807, 2.05) is 12.3 Å². The molecule has 2 aromatic heterocycles. The molecule has 0 aliphatic carbocycles. The van der Waals surface area contributed by atoms with E-state index in [4.69, 9.17) is 5.73 Å². The van der Waals surface area contributed by atoms with Crippen LogP contribution in [0.15, 0.2) is 18.3 Å². The Labute approximate surface area is 164 Å². The second-order valence-corrected chi connectivity index (χ2v) is 7.21. The summed E-state index contributed by atoms with van der Waals surface area (Å²) in [4.78, 5) is 11.1. The third-order valence-electron chi connectivity index (χ3n) is 5.01. The quantitative estimate of drug-likeness (QED) is 0.445. The molecule has 3 N–H and O–H groups in total. The zero-order chi connectivity index (χ0) is 19.3. The molecule has 2 rings (SSSR count). The van der Waals surface area contributed by atoms with Crippen LogP contribution in [-0.2, 0) is 0 Å². The van der Waals surface area contributed by atoms with Crippen molar-refractivity contribution in [2.24, 2.45) is 0 Å². The monoisotopic (exact) mass is 372 g/mol. The van der Waals surface area contributed by atoms with Gasteiger partial charge in [0.1, 0.15) is 5.82 Å². The highest BCUT2D eigenvalue weighted by molar-refractivity contribution is 5.60. The second-order valence-electron chi connectivity index (χ2n) is 7.21. The summed E-state index contributed by atoms with van der Waals surface area (Å²) in [6, 6.07) is 3.98. The predicted octanol–water partition coefficient (Wildman–Crippen LogP) is 5.20. The average molecular weight is 373 g/mol. The lowest BCUT2D eigenvalue weighted by Crippen LogP contribution is -2.24. The molecule has 27 heavy (non-hydrogen) atoms. The average Bonchev–Trinajstić information content (AvgIpc) is 3.13. The topological polar surface area (TPSA) is 83.7 Å². The van der Waals surface area contributed by atoms with Gasteiger partial charge in [0.25, 0.3) is 0 Å². The van der Waals surface area contributed by atoms with Gasteiger partial charge in [-0.2, -0.15) is 4.98 Å². The number of nitrogens with zero attached hydrogens (tertiary/aromatic N) is 4. The smallest absolute Gasteiger partial charge is 0.239 e. The highest BCUT2D eigenvalue weighted by atomic mass is 15.3. The highest BCUT2D eigenvalue weighted by Crippen LogP contribution is 2.21. The summed E-state index contributed by atoms with van der Waals surface area (Å²) in [7, 11) is 0. The van der Waals surface area contributed by atoms with Crippen molar-refractivity contribution in [3.8, 4) is 11.4 Å². The molecule has 0 saturated carbocycles. The molecule has 6 heteroatoms. The standard InChI is InChI=1S/C21H36N6/c1-3-5-6-7-8-9-10-11-12-13-16-27(4-2)19-17-18(14-15-23-19)20-24-21(22)26-25-20/h14-15,17H,3-13,16H2,1-2H3,(H3,22,24,25,26). The van der Waals surface area contributed by atoms with Gasteiger partial charge in [-0.05, 0) is 25.5 Å². The van der Waals surface area contributed by atoms with Crippen molar-refractivity contribution in [1.29, 1.82) is 0 Å². The van der Waals surface area contributed by atoms with Crippen molar-refractivity contribution in [3.05, 3.63) is 18.3 Å². The first-order valence-corrected chi connectivity index (χ1v) is 10.6. The summed E-state index contributed by atoms with van der Waals surface area (Å²) in [6.45, 7) is 6.45. The number of anilines is 2. The van der Waals surface area contributed by atoms with E-state index in [9.17, 15) is 0 Å². The summed E-state index contributed by atoms with van der Waals surface area (Å²) in [5.74, 6) is 1.94. The third-order valence-corrected chi connectivity index (χ3v) is 5.01. The molecule has 6 nitrogen and oxygen atoms in total. The van der Waals surface area contributed by atoms with Crippen LogP contribution in [0.2, 0.25) is 0 Å². The SMILES string of the molecule is CCCCCCCCCCCCN(CC)c1cc(-c2nc(N)n[nH]2)ccn1. The minimum absolute atomic E-state index is 0.265. The van der Waals surface area contributed by atoms with Crippen molar-refractivity contribution in [2.75, 3.05) is 23.7 Å². The Hall–Kier alpha value is -2.11. The molecule has 0 aliphatic rings. The van der Waals surface area contributed by atoms with Gasteiger partial charge in [-0.1, -0.05) is 64.7 Å². The lowest BCUT2D eigenvalue weighted by atomic mass is 10.1. The highest BCUT2D eigenvalue weighted by Gasteiger charge is 2.09. The fourth-order valence-corrected chi connectivity index (χ4v) is 3.37. The Morgan fingerprint density at radius 3 is 2.22 bits per heavy atom. The van der Waals surface area contributed by atoms with Gasteiger partial charge < -0.3 is 10.6 Å². The van der Waals surface area contributed by atoms with E-state index in [0.29, 0.717) is 5.82 Å². The lowest BCUT2D eigenvalue weighted by Gasteiger charge is -2.22. The van der Waals surface area contributed by atoms with Crippen molar-refractivity contribution in [1.82, 2.24) is 20.2 Å². The van der Waals surface area contributed by atoms with E-state index < -0.39 is 0 Å². The van der Waals surface area contributed by atoms with Crippen LogP contribution in [0.1, 0.15) is 78.1 Å². The molecule has 0 amide bonds. The first-order valence-electron chi connectivity index (χ1n) is 10.6. The van der Waals surface area contributed by atoms with E-state index in [2.05, 4.69) is 45.0 Å². The number of nitrogens with one attached hydrogen (secondary N) is 1. The Morgan fingerprint density at radius 2 is 1.63 bits per heavy atom. The number of hydrogen-bond acceptors (Lipinski definition) is 5. The van der Waals surface area contributed by atoms with Gasteiger partial charge in [-0.3, -0.25) is 5.10 Å². The Morgan fingerprint density at radius 1 is 0.963 bits per heavy atom. The number of rotatable bonds is 14. The van der Waals surface area contributed by atoms with Crippen LogP contribution < -0.4 is 10.6 Å². The number of aromatic nitrogens is 4. The third kappa shape index (κ3) is 7.57. The van der Waals surface area contributed by atoms with Crippen LogP contribution in [0, 0.1) is 0 Å². The van der Waals surface area contributed by atoms with Crippen molar-refractivity contribution >= 4 is 11.8 Å². The zero-order valence-electron chi connectivity index (χ0n) is 17.1. The first-order chi connectivity index (χ1) is 13.2. The molecule has 0 radical (unpaired) electrons. The number of aromatic amines is 1. The molecule has 0 aromatic carbocycles. The van der Waals surface area contributed by atoms with Crippen LogP contribution in [0.25, 0.3) is 11.4 Å². The normalized spacial score (nSPS) is 11.0. The molecule has 2 aromatic rings. The van der Waals surface area contributed by atoms with E-state index in [0.717, 1.165) is 24.5 Å². The molecule has 0 unspecified atom stereocenters. The van der Waals surface area contributed by atoms with Gasteiger partial charge in [0, 0.05) is 24.8 Å². The fourth-order valence-electron chi connectivity index (χ4n) is 3.37. The molecule has 2 heterocycles. The Bertz CT molecular complexity index is 639. The summed E-state index contributed by atoms with van der Waals surface area (Å²) >= 11 is 0. The summed E-state index contributed by atoms with van der Waals surface area (Å²) in [5.41, 5.74) is 6.57. The van der Waals surface area contributed by atoms with Gasteiger partial charge in [0.2, 0.25) is 5.95 Å². The fraction of sp³-hybridized carbons (Fsp3) is 0.667. The maximum absolute atomic E-state index is 5.61. The van der Waals surface area contributed by atoms with E-state index in [1.54, 1.807) is 0 Å². The number of nitrogen functional groups attached to an aromatic ring is 1. The van der Waals surface area contributed by atoms with Gasteiger partial charge >= 0.3 is 0 Å². The number of unbranched alkanes of at least 4 members (excludes halogenated alkanes) is 9. The molecule has 0 saturated heterocycles. The maximum atomic E-state index is 5.61. The van der Waals surface area contributed by atoms with Gasteiger partial charge in [0.05, 0.1) is 0 Å². The summed E-state index contributed by atoms with van der Waals surface area (Å²) in [5, 5.41) is 6.76. The number of nitrogens with two attached hydrogens (primary N) is 1. The minimum atomic E-state index is 0.265. The zero-order valence-corrected chi connectivity index (χ0v) is 17.1. The summed E-state index contributed by atoms with van der Waals surface area (Å²) in [6.07, 6.45) is 15.4. The Balaban J connectivity index is 1.69. The minimum Gasteiger partial charge on any atom is -0.366 e. The van der Waals surface area contributed by atoms with Crippen LogP contribution in [0.4, 0.5) is 11.8 Å². The Kier molecular flexibility index (Phi) is 9.66. The van der Waals surface area contributed by atoms with Crippen molar-refractivity contribution in [3.63, 3.8) is 0 Å². The first kappa shape index (κ1) is 21.2. The summed E-state index contributed by atoms with van der Waals surface area (Å²) < 4.78 is 0. The molecule has 0 aliphatic heterocycles. The van der Waals surface area contributed by atoms with E-state index in [1.165, 1.54) is 64.2 Å². The van der Waals surface area contributed by atoms with Crippen molar-refractivity contribution in [2.45, 2.75) is 78.1 Å². The van der Waals surface area contributed by atoms with Crippen LogP contribution in [0.5, 0.6) is 0 Å².